The second-order valence-corrected chi connectivity index (χ2v) is 4.77. The summed E-state index contributed by atoms with van der Waals surface area (Å²) in [5, 5.41) is 3.39. The Bertz CT molecular complexity index is 557. The average Bonchev–Trinajstić information content (AvgIpc) is 2.91. The van der Waals surface area contributed by atoms with Gasteiger partial charge in [-0.2, -0.15) is 0 Å². The summed E-state index contributed by atoms with van der Waals surface area (Å²) in [7, 11) is 0. The Morgan fingerprint density at radius 2 is 2.40 bits per heavy atom. The maximum absolute atomic E-state index is 11.9. The summed E-state index contributed by atoms with van der Waals surface area (Å²) >= 11 is 5.86. The maximum Gasteiger partial charge on any atom is 0.260 e. The Morgan fingerprint density at radius 1 is 1.55 bits per heavy atom. The van der Waals surface area contributed by atoms with Crippen LogP contribution in [0.1, 0.15) is 12.6 Å². The second-order valence-electron chi connectivity index (χ2n) is 4.34. The molecular formula is C14H16ClN3O2. The van der Waals surface area contributed by atoms with E-state index in [1.807, 2.05) is 0 Å². The van der Waals surface area contributed by atoms with Crippen molar-refractivity contribution in [2.45, 2.75) is 19.4 Å². The number of nitrogens with zero attached hydrogens (tertiary/aromatic N) is 1. The molecule has 2 aromatic rings. The van der Waals surface area contributed by atoms with Crippen molar-refractivity contribution in [2.24, 2.45) is 0 Å². The molecule has 20 heavy (non-hydrogen) atoms. The fourth-order valence-corrected chi connectivity index (χ4v) is 1.86. The van der Waals surface area contributed by atoms with Crippen molar-refractivity contribution in [3.8, 4) is 5.75 Å². The van der Waals surface area contributed by atoms with E-state index in [0.717, 1.165) is 5.69 Å². The summed E-state index contributed by atoms with van der Waals surface area (Å²) < 4.78 is 5.53. The van der Waals surface area contributed by atoms with Gasteiger partial charge in [-0.25, -0.2) is 4.98 Å². The largest absolute Gasteiger partial charge is 0.481 e. The summed E-state index contributed by atoms with van der Waals surface area (Å²) in [6.07, 6.45) is 3.48. The molecule has 6 heteroatoms. The van der Waals surface area contributed by atoms with Crippen LogP contribution in [0.25, 0.3) is 0 Å². The van der Waals surface area contributed by atoms with Gasteiger partial charge in [0, 0.05) is 29.9 Å². The summed E-state index contributed by atoms with van der Waals surface area (Å²) in [6, 6.07) is 6.97. The number of hydrogen-bond acceptors (Lipinski definition) is 3. The van der Waals surface area contributed by atoms with Crippen molar-refractivity contribution in [3.63, 3.8) is 0 Å². The highest BCUT2D eigenvalue weighted by Gasteiger charge is 2.14. The summed E-state index contributed by atoms with van der Waals surface area (Å²) in [5.41, 5.74) is 0.980. The van der Waals surface area contributed by atoms with E-state index in [1.165, 1.54) is 0 Å². The van der Waals surface area contributed by atoms with Gasteiger partial charge in [0.2, 0.25) is 0 Å². The van der Waals surface area contributed by atoms with E-state index in [2.05, 4.69) is 15.3 Å². The molecule has 0 aliphatic carbocycles. The zero-order valence-corrected chi connectivity index (χ0v) is 11.9. The normalized spacial score (nSPS) is 11.9. The molecule has 0 fully saturated rings. The lowest BCUT2D eigenvalue weighted by Gasteiger charge is -2.14. The predicted molar refractivity (Wildman–Crippen MR) is 76.8 cm³/mol. The quantitative estimate of drug-likeness (QED) is 0.858. The minimum atomic E-state index is -0.574. The van der Waals surface area contributed by atoms with E-state index in [4.69, 9.17) is 16.3 Å². The topological polar surface area (TPSA) is 67.0 Å². The zero-order valence-electron chi connectivity index (χ0n) is 11.1. The molecule has 0 spiro atoms. The van der Waals surface area contributed by atoms with E-state index in [1.54, 1.807) is 43.7 Å². The van der Waals surface area contributed by atoms with Crippen molar-refractivity contribution in [1.29, 1.82) is 0 Å². The third-order valence-electron chi connectivity index (χ3n) is 2.73. The number of benzene rings is 1. The summed E-state index contributed by atoms with van der Waals surface area (Å²) in [4.78, 5) is 18.8. The molecule has 1 unspecified atom stereocenters. The molecule has 1 heterocycles. The average molecular weight is 294 g/mol. The van der Waals surface area contributed by atoms with Gasteiger partial charge in [0.05, 0.1) is 6.33 Å². The number of H-pyrrole nitrogens is 1. The van der Waals surface area contributed by atoms with Crippen LogP contribution in [0, 0.1) is 0 Å². The number of ether oxygens (including phenoxy) is 1. The fraction of sp³-hybridized carbons (Fsp3) is 0.286. The molecule has 0 radical (unpaired) electrons. The van der Waals surface area contributed by atoms with Crippen molar-refractivity contribution in [3.05, 3.63) is 47.5 Å². The number of aromatic amines is 1. The van der Waals surface area contributed by atoms with Gasteiger partial charge >= 0.3 is 0 Å². The lowest BCUT2D eigenvalue weighted by atomic mass is 10.3. The van der Waals surface area contributed by atoms with E-state index < -0.39 is 6.10 Å². The molecule has 1 aromatic carbocycles. The number of imidazole rings is 1. The number of nitrogens with one attached hydrogen (secondary N) is 2. The lowest BCUT2D eigenvalue weighted by molar-refractivity contribution is -0.127. The number of rotatable bonds is 6. The van der Waals surface area contributed by atoms with Gasteiger partial charge in [-0.3, -0.25) is 4.79 Å². The Morgan fingerprint density at radius 3 is 3.10 bits per heavy atom. The Labute approximate surface area is 122 Å². The molecule has 106 valence electrons. The van der Waals surface area contributed by atoms with Gasteiger partial charge in [-0.15, -0.1) is 0 Å². The van der Waals surface area contributed by atoms with Crippen molar-refractivity contribution >= 4 is 17.5 Å². The molecule has 1 amide bonds. The highest BCUT2D eigenvalue weighted by Crippen LogP contribution is 2.18. The fourth-order valence-electron chi connectivity index (χ4n) is 1.68. The van der Waals surface area contributed by atoms with Crippen LogP contribution in [0.2, 0.25) is 5.02 Å². The third-order valence-corrected chi connectivity index (χ3v) is 2.96. The van der Waals surface area contributed by atoms with Gasteiger partial charge in [-0.05, 0) is 25.1 Å². The van der Waals surface area contributed by atoms with Crippen LogP contribution >= 0.6 is 11.6 Å². The number of hydrogen-bond donors (Lipinski definition) is 2. The Balaban J connectivity index is 1.77. The molecule has 2 rings (SSSR count). The van der Waals surface area contributed by atoms with Crippen molar-refractivity contribution in [1.82, 2.24) is 15.3 Å². The van der Waals surface area contributed by atoms with E-state index in [-0.39, 0.29) is 5.91 Å². The predicted octanol–water partition coefficient (Wildman–Crippen LogP) is 2.19. The van der Waals surface area contributed by atoms with E-state index >= 15 is 0 Å². The molecule has 0 saturated heterocycles. The van der Waals surface area contributed by atoms with Gasteiger partial charge < -0.3 is 15.0 Å². The van der Waals surface area contributed by atoms with Gasteiger partial charge in [0.25, 0.3) is 5.91 Å². The van der Waals surface area contributed by atoms with Crippen molar-refractivity contribution in [2.75, 3.05) is 6.54 Å². The first-order valence-electron chi connectivity index (χ1n) is 6.32. The van der Waals surface area contributed by atoms with Crippen LogP contribution in [-0.2, 0) is 11.2 Å². The number of carbonyl (C=O) groups is 1. The van der Waals surface area contributed by atoms with Crippen LogP contribution in [0.5, 0.6) is 5.75 Å². The smallest absolute Gasteiger partial charge is 0.260 e. The first-order chi connectivity index (χ1) is 9.65. The first-order valence-corrected chi connectivity index (χ1v) is 6.70. The molecule has 1 atom stereocenters. The molecule has 2 N–H and O–H groups in total. The minimum absolute atomic E-state index is 0.163. The molecule has 0 saturated carbocycles. The Hall–Kier alpha value is -2.01. The van der Waals surface area contributed by atoms with Gasteiger partial charge in [0.1, 0.15) is 5.75 Å². The Kier molecular flexibility index (Phi) is 5.01. The number of amides is 1. The van der Waals surface area contributed by atoms with Gasteiger partial charge in [0.15, 0.2) is 6.10 Å². The van der Waals surface area contributed by atoms with E-state index in [0.29, 0.717) is 23.7 Å². The molecule has 0 aliphatic rings. The van der Waals surface area contributed by atoms with E-state index in [9.17, 15) is 4.79 Å². The lowest BCUT2D eigenvalue weighted by Crippen LogP contribution is -2.37. The molecular weight excluding hydrogens is 278 g/mol. The molecule has 1 aromatic heterocycles. The molecule has 0 bridgehead atoms. The minimum Gasteiger partial charge on any atom is -0.481 e. The van der Waals surface area contributed by atoms with Crippen LogP contribution < -0.4 is 10.1 Å². The number of carbonyl (C=O) groups excluding carboxylic acids is 1. The van der Waals surface area contributed by atoms with Crippen LogP contribution in [0.3, 0.4) is 0 Å². The second kappa shape index (κ2) is 6.96. The summed E-state index contributed by atoms with van der Waals surface area (Å²) in [5.74, 6) is 0.415. The van der Waals surface area contributed by atoms with Gasteiger partial charge in [-0.1, -0.05) is 17.7 Å². The van der Waals surface area contributed by atoms with Crippen LogP contribution in [0.15, 0.2) is 36.8 Å². The van der Waals surface area contributed by atoms with Crippen LogP contribution in [0.4, 0.5) is 0 Å². The van der Waals surface area contributed by atoms with Crippen LogP contribution in [-0.4, -0.2) is 28.5 Å². The third kappa shape index (κ3) is 4.28. The number of aromatic nitrogens is 2. The first kappa shape index (κ1) is 14.4. The standard InChI is InChI=1S/C14H16ClN3O2/c1-10(20-13-4-2-3-11(15)7-13)14(19)17-6-5-12-8-16-9-18-12/h2-4,7-10H,5-6H2,1H3,(H,16,18)(H,17,19). The highest BCUT2D eigenvalue weighted by atomic mass is 35.5. The molecule has 0 aliphatic heterocycles. The zero-order chi connectivity index (χ0) is 14.4. The highest BCUT2D eigenvalue weighted by molar-refractivity contribution is 6.30. The SMILES string of the molecule is CC(Oc1cccc(Cl)c1)C(=O)NCCc1cnc[nH]1. The maximum atomic E-state index is 11.9. The van der Waals surface area contributed by atoms with Crippen molar-refractivity contribution < 1.29 is 9.53 Å². The number of halogens is 1. The summed E-state index contributed by atoms with van der Waals surface area (Å²) in [6.45, 7) is 2.23. The molecule has 5 nitrogen and oxygen atoms in total. The monoisotopic (exact) mass is 293 g/mol.